The largest absolute Gasteiger partial charge is 0.522 e. The first-order chi connectivity index (χ1) is 7.25. The number of carbonyl (C=O) groups excluding carboxylic acids is 1. The second-order valence-electron chi connectivity index (χ2n) is 4.62. The normalized spacial score (nSPS) is 18.6. The van der Waals surface area contributed by atoms with Gasteiger partial charge in [0, 0.05) is 6.54 Å². The highest BCUT2D eigenvalue weighted by Crippen LogP contribution is 2.47. The van der Waals surface area contributed by atoms with Gasteiger partial charge in [0.1, 0.15) is 0 Å². The monoisotopic (exact) mass is 239 g/mol. The van der Waals surface area contributed by atoms with E-state index in [0.29, 0.717) is 19.4 Å². The number of ether oxygens (including phenoxy) is 1. The number of amides is 1. The third-order valence-corrected chi connectivity index (χ3v) is 2.52. The van der Waals surface area contributed by atoms with E-state index in [2.05, 4.69) is 10.1 Å². The van der Waals surface area contributed by atoms with Crippen LogP contribution in [0.2, 0.25) is 0 Å². The number of halogens is 3. The van der Waals surface area contributed by atoms with Crippen molar-refractivity contribution >= 4 is 5.91 Å². The summed E-state index contributed by atoms with van der Waals surface area (Å²) in [4.78, 5) is 11.6. The highest BCUT2D eigenvalue weighted by Gasteiger charge is 2.52. The number of rotatable bonds is 5. The summed E-state index contributed by atoms with van der Waals surface area (Å²) in [6.07, 6.45) is -3.73. The van der Waals surface area contributed by atoms with Gasteiger partial charge in [0.2, 0.25) is 5.91 Å². The van der Waals surface area contributed by atoms with Gasteiger partial charge in [0.05, 0.1) is 12.0 Å². The fourth-order valence-electron chi connectivity index (χ4n) is 1.29. The Balaban J connectivity index is 2.37. The van der Waals surface area contributed by atoms with Crippen LogP contribution in [0, 0.1) is 11.3 Å². The van der Waals surface area contributed by atoms with Crippen LogP contribution < -0.4 is 5.32 Å². The Bertz CT molecular complexity index is 259. The molecule has 0 heterocycles. The SMILES string of the molecule is CC(C)CNC(=O)C1(COC(F)(F)F)CC1. The summed E-state index contributed by atoms with van der Waals surface area (Å²) in [6.45, 7) is 3.76. The first-order valence-electron chi connectivity index (χ1n) is 5.24. The molecule has 0 aromatic rings. The molecule has 1 N–H and O–H groups in total. The highest BCUT2D eigenvalue weighted by molar-refractivity contribution is 5.85. The van der Waals surface area contributed by atoms with E-state index in [-0.39, 0.29) is 11.8 Å². The zero-order valence-electron chi connectivity index (χ0n) is 9.36. The zero-order valence-corrected chi connectivity index (χ0v) is 9.36. The maximum absolute atomic E-state index is 11.8. The molecular formula is C10H16F3NO2. The minimum Gasteiger partial charge on any atom is -0.355 e. The zero-order chi connectivity index (χ0) is 12.4. The van der Waals surface area contributed by atoms with Gasteiger partial charge in [0.25, 0.3) is 0 Å². The molecule has 0 spiro atoms. The summed E-state index contributed by atoms with van der Waals surface area (Å²) >= 11 is 0. The number of hydrogen-bond donors (Lipinski definition) is 1. The third kappa shape index (κ3) is 4.00. The lowest BCUT2D eigenvalue weighted by atomic mass is 10.1. The quantitative estimate of drug-likeness (QED) is 0.797. The van der Waals surface area contributed by atoms with Gasteiger partial charge >= 0.3 is 6.36 Å². The molecule has 0 radical (unpaired) electrons. The van der Waals surface area contributed by atoms with Crippen molar-refractivity contribution in [2.45, 2.75) is 33.1 Å². The first-order valence-corrected chi connectivity index (χ1v) is 5.24. The summed E-state index contributed by atoms with van der Waals surface area (Å²) in [7, 11) is 0. The summed E-state index contributed by atoms with van der Waals surface area (Å²) < 4.78 is 39.2. The van der Waals surface area contributed by atoms with Gasteiger partial charge in [-0.1, -0.05) is 13.8 Å². The minimum atomic E-state index is -4.66. The fraction of sp³-hybridized carbons (Fsp3) is 0.900. The molecule has 0 saturated heterocycles. The number of alkyl halides is 3. The summed E-state index contributed by atoms with van der Waals surface area (Å²) in [6, 6.07) is 0. The van der Waals surface area contributed by atoms with E-state index < -0.39 is 18.4 Å². The molecule has 0 aromatic carbocycles. The van der Waals surface area contributed by atoms with Crippen LogP contribution in [0.4, 0.5) is 13.2 Å². The summed E-state index contributed by atoms with van der Waals surface area (Å²) in [5.74, 6) is -0.0475. The molecule has 1 aliphatic rings. The van der Waals surface area contributed by atoms with Gasteiger partial charge in [-0.15, -0.1) is 13.2 Å². The maximum atomic E-state index is 11.8. The van der Waals surface area contributed by atoms with Crippen molar-refractivity contribution in [2.24, 2.45) is 11.3 Å². The van der Waals surface area contributed by atoms with Crippen LogP contribution in [-0.4, -0.2) is 25.4 Å². The van der Waals surface area contributed by atoms with Gasteiger partial charge in [-0.3, -0.25) is 9.53 Å². The van der Waals surface area contributed by atoms with Crippen molar-refractivity contribution < 1.29 is 22.7 Å². The molecule has 94 valence electrons. The van der Waals surface area contributed by atoms with Crippen molar-refractivity contribution in [2.75, 3.05) is 13.2 Å². The molecule has 3 nitrogen and oxygen atoms in total. The fourth-order valence-corrected chi connectivity index (χ4v) is 1.29. The smallest absolute Gasteiger partial charge is 0.355 e. The third-order valence-electron chi connectivity index (χ3n) is 2.52. The molecule has 1 saturated carbocycles. The average molecular weight is 239 g/mol. The average Bonchev–Trinajstić information content (AvgIpc) is 2.91. The second-order valence-corrected chi connectivity index (χ2v) is 4.62. The molecule has 0 atom stereocenters. The Kier molecular flexibility index (Phi) is 3.83. The molecule has 1 rings (SSSR count). The molecule has 0 aromatic heterocycles. The molecule has 1 fully saturated rings. The van der Waals surface area contributed by atoms with Gasteiger partial charge in [-0.2, -0.15) is 0 Å². The predicted molar refractivity (Wildman–Crippen MR) is 51.5 cm³/mol. The van der Waals surface area contributed by atoms with Gasteiger partial charge < -0.3 is 5.32 Å². The Labute approximate surface area is 92.3 Å². The van der Waals surface area contributed by atoms with E-state index in [0.717, 1.165) is 0 Å². The van der Waals surface area contributed by atoms with E-state index in [4.69, 9.17) is 0 Å². The van der Waals surface area contributed by atoms with Crippen LogP contribution in [0.15, 0.2) is 0 Å². The Hall–Kier alpha value is -0.780. The number of nitrogens with one attached hydrogen (secondary N) is 1. The highest BCUT2D eigenvalue weighted by atomic mass is 19.4. The summed E-state index contributed by atoms with van der Waals surface area (Å²) in [5, 5.41) is 2.63. The first kappa shape index (κ1) is 13.3. The molecule has 6 heteroatoms. The van der Waals surface area contributed by atoms with Crippen molar-refractivity contribution in [1.82, 2.24) is 5.32 Å². The van der Waals surface area contributed by atoms with Gasteiger partial charge in [0.15, 0.2) is 0 Å². The van der Waals surface area contributed by atoms with Crippen molar-refractivity contribution in [1.29, 1.82) is 0 Å². The van der Waals surface area contributed by atoms with Crippen LogP contribution in [0.1, 0.15) is 26.7 Å². The molecule has 0 bridgehead atoms. The lowest BCUT2D eigenvalue weighted by Crippen LogP contribution is -2.38. The lowest BCUT2D eigenvalue weighted by molar-refractivity contribution is -0.328. The topological polar surface area (TPSA) is 38.3 Å². The standard InChI is InChI=1S/C10H16F3NO2/c1-7(2)5-14-8(15)9(3-4-9)6-16-10(11,12)13/h7H,3-6H2,1-2H3,(H,14,15). The Morgan fingerprint density at radius 2 is 2.00 bits per heavy atom. The van der Waals surface area contributed by atoms with E-state index >= 15 is 0 Å². The van der Waals surface area contributed by atoms with Crippen LogP contribution in [-0.2, 0) is 9.53 Å². The van der Waals surface area contributed by atoms with E-state index in [9.17, 15) is 18.0 Å². The molecule has 0 unspecified atom stereocenters. The van der Waals surface area contributed by atoms with E-state index in [1.165, 1.54) is 0 Å². The number of carbonyl (C=O) groups is 1. The molecular weight excluding hydrogens is 223 g/mol. The molecule has 16 heavy (non-hydrogen) atoms. The van der Waals surface area contributed by atoms with Crippen LogP contribution in [0.3, 0.4) is 0 Å². The van der Waals surface area contributed by atoms with Crippen molar-refractivity contribution in [3.8, 4) is 0 Å². The van der Waals surface area contributed by atoms with Gasteiger partial charge in [-0.25, -0.2) is 0 Å². The maximum Gasteiger partial charge on any atom is 0.522 e. The van der Waals surface area contributed by atoms with Gasteiger partial charge in [-0.05, 0) is 18.8 Å². The van der Waals surface area contributed by atoms with E-state index in [1.807, 2.05) is 13.8 Å². The Morgan fingerprint density at radius 1 is 1.44 bits per heavy atom. The van der Waals surface area contributed by atoms with Crippen LogP contribution >= 0.6 is 0 Å². The second kappa shape index (κ2) is 4.61. The predicted octanol–water partition coefficient (Wildman–Crippen LogP) is 2.08. The van der Waals surface area contributed by atoms with Crippen LogP contribution in [0.5, 0.6) is 0 Å². The molecule has 0 aliphatic heterocycles. The summed E-state index contributed by atoms with van der Waals surface area (Å²) in [5.41, 5.74) is -0.940. The minimum absolute atomic E-state index is 0.281. The lowest BCUT2D eigenvalue weighted by Gasteiger charge is -2.17. The van der Waals surface area contributed by atoms with E-state index in [1.54, 1.807) is 0 Å². The number of hydrogen-bond acceptors (Lipinski definition) is 2. The van der Waals surface area contributed by atoms with Crippen molar-refractivity contribution in [3.63, 3.8) is 0 Å². The molecule has 1 amide bonds. The molecule has 1 aliphatic carbocycles. The van der Waals surface area contributed by atoms with Crippen LogP contribution in [0.25, 0.3) is 0 Å². The Morgan fingerprint density at radius 3 is 2.38 bits per heavy atom. The van der Waals surface area contributed by atoms with Crippen molar-refractivity contribution in [3.05, 3.63) is 0 Å².